The molecule has 4 rings (SSSR count). The summed E-state index contributed by atoms with van der Waals surface area (Å²) in [6.07, 6.45) is 0. The van der Waals surface area contributed by atoms with Gasteiger partial charge < -0.3 is 18.7 Å². The monoisotopic (exact) mass is 439 g/mol. The standard InChI is InChI=1S/C22H21N3O5S/c1-4-28-17-9-6-13(10-19(17)29-5-2)18-12-16(25-30-18)21(26)24-22-23-15-8-7-14(27-3)11-20(15)31-22/h6-12H,4-5H2,1-3H3,(H,23,24,26). The SMILES string of the molecule is CCOc1ccc(-c2cc(C(=O)Nc3nc4ccc(OC)cc4s3)no2)cc1OCC. The first-order valence-electron chi connectivity index (χ1n) is 9.74. The molecule has 9 heteroatoms. The van der Waals surface area contributed by atoms with Gasteiger partial charge in [-0.05, 0) is 50.2 Å². The lowest BCUT2D eigenvalue weighted by atomic mass is 10.1. The van der Waals surface area contributed by atoms with E-state index in [2.05, 4.69) is 15.5 Å². The van der Waals surface area contributed by atoms with Crippen LogP contribution in [0.5, 0.6) is 17.2 Å². The fraction of sp³-hybridized carbons (Fsp3) is 0.227. The van der Waals surface area contributed by atoms with Gasteiger partial charge in [-0.15, -0.1) is 0 Å². The van der Waals surface area contributed by atoms with E-state index in [4.69, 9.17) is 18.7 Å². The molecule has 0 saturated carbocycles. The number of methoxy groups -OCH3 is 1. The summed E-state index contributed by atoms with van der Waals surface area (Å²) >= 11 is 1.35. The van der Waals surface area contributed by atoms with Gasteiger partial charge in [0.15, 0.2) is 28.1 Å². The Balaban J connectivity index is 1.53. The molecule has 0 saturated heterocycles. The zero-order valence-corrected chi connectivity index (χ0v) is 18.1. The van der Waals surface area contributed by atoms with Crippen molar-refractivity contribution >= 4 is 32.6 Å². The highest BCUT2D eigenvalue weighted by atomic mass is 32.1. The second-order valence-electron chi connectivity index (χ2n) is 6.41. The first-order chi connectivity index (χ1) is 15.1. The number of anilines is 1. The molecule has 0 radical (unpaired) electrons. The van der Waals surface area contributed by atoms with E-state index in [1.165, 1.54) is 11.3 Å². The average Bonchev–Trinajstić information content (AvgIpc) is 3.41. The van der Waals surface area contributed by atoms with E-state index in [0.717, 1.165) is 21.5 Å². The Labute approximate surface area is 182 Å². The number of fused-ring (bicyclic) bond motifs is 1. The molecular weight excluding hydrogens is 418 g/mol. The van der Waals surface area contributed by atoms with Crippen LogP contribution in [0.2, 0.25) is 0 Å². The van der Waals surface area contributed by atoms with Gasteiger partial charge >= 0.3 is 0 Å². The zero-order chi connectivity index (χ0) is 21.8. The van der Waals surface area contributed by atoms with Crippen LogP contribution in [0.1, 0.15) is 24.3 Å². The maximum absolute atomic E-state index is 12.6. The quantitative estimate of drug-likeness (QED) is 0.412. The number of carbonyl (C=O) groups excluding carboxylic acids is 1. The van der Waals surface area contributed by atoms with Crippen molar-refractivity contribution in [1.29, 1.82) is 0 Å². The molecule has 0 bridgehead atoms. The van der Waals surface area contributed by atoms with Crippen molar-refractivity contribution in [2.24, 2.45) is 0 Å². The van der Waals surface area contributed by atoms with Gasteiger partial charge in [0.2, 0.25) is 0 Å². The van der Waals surface area contributed by atoms with Crippen molar-refractivity contribution in [2.45, 2.75) is 13.8 Å². The molecule has 0 fully saturated rings. The molecule has 0 atom stereocenters. The van der Waals surface area contributed by atoms with Gasteiger partial charge in [0.05, 0.1) is 30.5 Å². The molecule has 31 heavy (non-hydrogen) atoms. The molecule has 2 heterocycles. The summed E-state index contributed by atoms with van der Waals surface area (Å²) in [7, 11) is 1.61. The Hall–Kier alpha value is -3.59. The lowest BCUT2D eigenvalue weighted by Gasteiger charge is -2.11. The van der Waals surface area contributed by atoms with Crippen LogP contribution in [0.25, 0.3) is 21.5 Å². The van der Waals surface area contributed by atoms with Crippen molar-refractivity contribution in [3.8, 4) is 28.6 Å². The molecule has 1 amide bonds. The summed E-state index contributed by atoms with van der Waals surface area (Å²) in [5, 5.41) is 7.14. The number of hydrogen-bond acceptors (Lipinski definition) is 8. The number of amides is 1. The maximum atomic E-state index is 12.6. The van der Waals surface area contributed by atoms with Gasteiger partial charge in [-0.2, -0.15) is 0 Å². The van der Waals surface area contributed by atoms with Gasteiger partial charge in [-0.1, -0.05) is 16.5 Å². The highest BCUT2D eigenvalue weighted by Crippen LogP contribution is 2.33. The van der Waals surface area contributed by atoms with Crippen LogP contribution in [0.4, 0.5) is 5.13 Å². The number of nitrogens with zero attached hydrogens (tertiary/aromatic N) is 2. The van der Waals surface area contributed by atoms with E-state index in [9.17, 15) is 4.79 Å². The van der Waals surface area contributed by atoms with E-state index >= 15 is 0 Å². The topological polar surface area (TPSA) is 95.7 Å². The van der Waals surface area contributed by atoms with Crippen molar-refractivity contribution < 1.29 is 23.5 Å². The number of rotatable bonds is 8. The molecule has 4 aromatic rings. The van der Waals surface area contributed by atoms with Crippen LogP contribution < -0.4 is 19.5 Å². The summed E-state index contributed by atoms with van der Waals surface area (Å²) in [5.41, 5.74) is 1.66. The fourth-order valence-electron chi connectivity index (χ4n) is 2.97. The third kappa shape index (κ3) is 4.46. The van der Waals surface area contributed by atoms with Crippen molar-refractivity contribution in [1.82, 2.24) is 10.1 Å². The zero-order valence-electron chi connectivity index (χ0n) is 17.3. The van der Waals surface area contributed by atoms with E-state index in [1.54, 1.807) is 19.2 Å². The molecule has 2 aromatic heterocycles. The van der Waals surface area contributed by atoms with Crippen LogP contribution >= 0.6 is 11.3 Å². The van der Waals surface area contributed by atoms with E-state index in [1.807, 2.05) is 44.2 Å². The van der Waals surface area contributed by atoms with Gasteiger partial charge in [0.1, 0.15) is 5.75 Å². The minimum absolute atomic E-state index is 0.152. The third-order valence-electron chi connectivity index (χ3n) is 4.39. The van der Waals surface area contributed by atoms with Gasteiger partial charge in [-0.25, -0.2) is 4.98 Å². The molecule has 0 aliphatic heterocycles. The number of aromatic nitrogens is 2. The highest BCUT2D eigenvalue weighted by molar-refractivity contribution is 7.22. The Bertz CT molecular complexity index is 1220. The van der Waals surface area contributed by atoms with Crippen LogP contribution in [0, 0.1) is 0 Å². The summed E-state index contributed by atoms with van der Waals surface area (Å²) in [5.74, 6) is 2.03. The maximum Gasteiger partial charge on any atom is 0.279 e. The molecule has 2 aromatic carbocycles. The third-order valence-corrected chi connectivity index (χ3v) is 5.32. The van der Waals surface area contributed by atoms with Crippen LogP contribution in [0.3, 0.4) is 0 Å². The largest absolute Gasteiger partial charge is 0.497 e. The fourth-order valence-corrected chi connectivity index (χ4v) is 3.86. The second kappa shape index (κ2) is 9.05. The molecule has 1 N–H and O–H groups in total. The number of carbonyl (C=O) groups is 1. The smallest absolute Gasteiger partial charge is 0.279 e. The summed E-state index contributed by atoms with van der Waals surface area (Å²) < 4.78 is 22.8. The van der Waals surface area contributed by atoms with E-state index < -0.39 is 5.91 Å². The number of benzene rings is 2. The molecule has 0 aliphatic rings. The van der Waals surface area contributed by atoms with Crippen molar-refractivity contribution in [2.75, 3.05) is 25.6 Å². The van der Waals surface area contributed by atoms with E-state index in [0.29, 0.717) is 35.6 Å². The number of thiazole rings is 1. The normalized spacial score (nSPS) is 10.8. The van der Waals surface area contributed by atoms with Crippen LogP contribution in [0.15, 0.2) is 47.0 Å². The van der Waals surface area contributed by atoms with Crippen LogP contribution in [-0.2, 0) is 0 Å². The molecule has 160 valence electrons. The van der Waals surface area contributed by atoms with Gasteiger partial charge in [-0.3, -0.25) is 10.1 Å². The predicted octanol–water partition coefficient (Wildman–Crippen LogP) is 5.01. The molecule has 0 unspecified atom stereocenters. The minimum Gasteiger partial charge on any atom is -0.497 e. The molecule has 8 nitrogen and oxygen atoms in total. The number of ether oxygens (including phenoxy) is 3. The number of nitrogens with one attached hydrogen (secondary N) is 1. The Kier molecular flexibility index (Phi) is 6.03. The van der Waals surface area contributed by atoms with Gasteiger partial charge in [0, 0.05) is 11.6 Å². The summed E-state index contributed by atoms with van der Waals surface area (Å²) in [6.45, 7) is 4.84. The first kappa shape index (κ1) is 20.7. The molecule has 0 aliphatic carbocycles. The van der Waals surface area contributed by atoms with Crippen molar-refractivity contribution in [3.05, 3.63) is 48.2 Å². The number of hydrogen-bond donors (Lipinski definition) is 1. The predicted molar refractivity (Wildman–Crippen MR) is 118 cm³/mol. The molecule has 0 spiro atoms. The summed E-state index contributed by atoms with van der Waals surface area (Å²) in [6, 6.07) is 12.6. The Morgan fingerprint density at radius 3 is 2.65 bits per heavy atom. The first-order valence-corrected chi connectivity index (χ1v) is 10.6. The van der Waals surface area contributed by atoms with Gasteiger partial charge in [0.25, 0.3) is 5.91 Å². The lowest BCUT2D eigenvalue weighted by molar-refractivity contribution is 0.101. The second-order valence-corrected chi connectivity index (χ2v) is 7.44. The summed E-state index contributed by atoms with van der Waals surface area (Å²) in [4.78, 5) is 17.1. The molecular formula is C22H21N3O5S. The van der Waals surface area contributed by atoms with Crippen LogP contribution in [-0.4, -0.2) is 36.4 Å². The highest BCUT2D eigenvalue weighted by Gasteiger charge is 2.17. The lowest BCUT2D eigenvalue weighted by Crippen LogP contribution is -2.11. The Morgan fingerprint density at radius 2 is 1.87 bits per heavy atom. The van der Waals surface area contributed by atoms with E-state index in [-0.39, 0.29) is 5.69 Å². The average molecular weight is 439 g/mol. The minimum atomic E-state index is -0.406. The Morgan fingerprint density at radius 1 is 1.06 bits per heavy atom. The van der Waals surface area contributed by atoms with Crippen molar-refractivity contribution in [3.63, 3.8) is 0 Å².